The van der Waals surface area contributed by atoms with Crippen LogP contribution in [-0.4, -0.2) is 22.1 Å². The van der Waals surface area contributed by atoms with Gasteiger partial charge in [0.15, 0.2) is 6.35 Å². The van der Waals surface area contributed by atoms with Crippen LogP contribution in [0.5, 0.6) is 0 Å². The Hall–Kier alpha value is -1.68. The summed E-state index contributed by atoms with van der Waals surface area (Å²) in [5.41, 5.74) is 0.538. The van der Waals surface area contributed by atoms with Crippen molar-refractivity contribution in [1.82, 2.24) is 0 Å². The standard InChI is InChI=1S/C23H35O5P/c1-5-19(3)17-21(20-13-9-7-10-14-20)15-11-8-12-16-23(4,6-2)22(24)28-18-29(25,26)27/h5,7-10,12-14,19,21H,1,6,11,15-18H2,2-4H3,(H2,25,26,27)/b12-8-. The lowest BCUT2D eigenvalue weighted by Gasteiger charge is -2.24. The lowest BCUT2D eigenvalue weighted by molar-refractivity contribution is -0.153. The van der Waals surface area contributed by atoms with Gasteiger partial charge in [0.25, 0.3) is 0 Å². The van der Waals surface area contributed by atoms with E-state index in [0.717, 1.165) is 19.3 Å². The molecule has 0 fully saturated rings. The van der Waals surface area contributed by atoms with E-state index in [9.17, 15) is 9.36 Å². The van der Waals surface area contributed by atoms with Gasteiger partial charge in [-0.05, 0) is 56.4 Å². The van der Waals surface area contributed by atoms with E-state index in [2.05, 4.69) is 43.8 Å². The summed E-state index contributed by atoms with van der Waals surface area (Å²) < 4.78 is 15.8. The quantitative estimate of drug-likeness (QED) is 0.238. The molecule has 1 aromatic carbocycles. The van der Waals surface area contributed by atoms with Gasteiger partial charge in [-0.3, -0.25) is 9.36 Å². The van der Waals surface area contributed by atoms with Gasteiger partial charge in [0.1, 0.15) is 0 Å². The molecule has 5 nitrogen and oxygen atoms in total. The summed E-state index contributed by atoms with van der Waals surface area (Å²) in [6.07, 6.45) is 9.12. The minimum atomic E-state index is -4.36. The molecule has 162 valence electrons. The van der Waals surface area contributed by atoms with Crippen molar-refractivity contribution in [2.45, 2.75) is 58.8 Å². The van der Waals surface area contributed by atoms with Crippen LogP contribution in [0.1, 0.15) is 64.4 Å². The SMILES string of the molecule is C=CC(C)CC(CC/C=C\CC(C)(CC)C(=O)OCP(=O)(O)O)c1ccccc1. The van der Waals surface area contributed by atoms with Crippen LogP contribution in [0.25, 0.3) is 0 Å². The molecule has 3 atom stereocenters. The van der Waals surface area contributed by atoms with Crippen LogP contribution in [-0.2, 0) is 14.1 Å². The highest BCUT2D eigenvalue weighted by Crippen LogP contribution is 2.36. The summed E-state index contributed by atoms with van der Waals surface area (Å²) >= 11 is 0. The van der Waals surface area contributed by atoms with Gasteiger partial charge in [0.2, 0.25) is 0 Å². The van der Waals surface area contributed by atoms with Gasteiger partial charge in [-0.25, -0.2) is 0 Å². The average molecular weight is 423 g/mol. The predicted octanol–water partition coefficient (Wildman–Crippen LogP) is 5.80. The Bertz CT molecular complexity index is 709. The highest BCUT2D eigenvalue weighted by atomic mass is 31.2. The molecule has 29 heavy (non-hydrogen) atoms. The topological polar surface area (TPSA) is 83.8 Å². The molecule has 0 heterocycles. The summed E-state index contributed by atoms with van der Waals surface area (Å²) in [4.78, 5) is 30.0. The fourth-order valence-corrected chi connectivity index (χ4v) is 3.42. The minimum Gasteiger partial charge on any atom is -0.452 e. The summed E-state index contributed by atoms with van der Waals surface area (Å²) in [6, 6.07) is 10.5. The number of rotatable bonds is 13. The molecule has 0 amide bonds. The molecule has 3 unspecified atom stereocenters. The number of carbonyl (C=O) groups is 1. The Kier molecular flexibility index (Phi) is 10.6. The Morgan fingerprint density at radius 3 is 2.48 bits per heavy atom. The fraction of sp³-hybridized carbons (Fsp3) is 0.522. The van der Waals surface area contributed by atoms with Gasteiger partial charge in [0.05, 0.1) is 5.41 Å². The maximum absolute atomic E-state index is 12.2. The number of ether oxygens (including phenoxy) is 1. The first-order valence-electron chi connectivity index (χ1n) is 10.2. The summed E-state index contributed by atoms with van der Waals surface area (Å²) in [5.74, 6) is 0.311. The second-order valence-corrected chi connectivity index (χ2v) is 9.54. The van der Waals surface area contributed by atoms with Crippen LogP contribution < -0.4 is 0 Å². The van der Waals surface area contributed by atoms with E-state index in [1.807, 2.05) is 25.1 Å². The molecule has 0 saturated carbocycles. The maximum Gasteiger partial charge on any atom is 0.362 e. The Morgan fingerprint density at radius 1 is 1.28 bits per heavy atom. The summed E-state index contributed by atoms with van der Waals surface area (Å²) in [5, 5.41) is 0. The van der Waals surface area contributed by atoms with E-state index in [0.29, 0.717) is 24.7 Å². The van der Waals surface area contributed by atoms with Crippen molar-refractivity contribution >= 4 is 13.6 Å². The monoisotopic (exact) mass is 422 g/mol. The third kappa shape index (κ3) is 9.58. The second-order valence-electron chi connectivity index (χ2n) is 7.95. The molecule has 0 aliphatic carbocycles. The van der Waals surface area contributed by atoms with Crippen LogP contribution in [0.3, 0.4) is 0 Å². The second kappa shape index (κ2) is 12.1. The first kappa shape index (κ1) is 25.4. The van der Waals surface area contributed by atoms with Gasteiger partial charge in [-0.15, -0.1) is 6.58 Å². The Balaban J connectivity index is 2.63. The molecule has 0 saturated heterocycles. The largest absolute Gasteiger partial charge is 0.452 e. The van der Waals surface area contributed by atoms with Crippen LogP contribution in [0.15, 0.2) is 55.1 Å². The third-order valence-corrected chi connectivity index (χ3v) is 5.85. The maximum atomic E-state index is 12.2. The minimum absolute atomic E-state index is 0.441. The van der Waals surface area contributed by atoms with E-state index in [1.165, 1.54) is 5.56 Å². The van der Waals surface area contributed by atoms with E-state index >= 15 is 0 Å². The van der Waals surface area contributed by atoms with Crippen molar-refractivity contribution in [3.63, 3.8) is 0 Å². The lowest BCUT2D eigenvalue weighted by atomic mass is 9.83. The fourth-order valence-electron chi connectivity index (χ4n) is 3.14. The normalized spacial score (nSPS) is 16.2. The first-order valence-corrected chi connectivity index (χ1v) is 12.0. The molecule has 1 aromatic rings. The van der Waals surface area contributed by atoms with Gasteiger partial charge in [-0.2, -0.15) is 0 Å². The molecular formula is C23H35O5P. The van der Waals surface area contributed by atoms with E-state index in [4.69, 9.17) is 14.5 Å². The first-order chi connectivity index (χ1) is 13.6. The third-order valence-electron chi connectivity index (χ3n) is 5.38. The highest BCUT2D eigenvalue weighted by molar-refractivity contribution is 7.51. The zero-order valence-corrected chi connectivity index (χ0v) is 18.7. The molecule has 0 spiro atoms. The molecule has 0 aromatic heterocycles. The molecular weight excluding hydrogens is 387 g/mol. The molecule has 0 aliphatic heterocycles. The smallest absolute Gasteiger partial charge is 0.362 e. The van der Waals surface area contributed by atoms with Gasteiger partial charge in [0, 0.05) is 0 Å². The summed E-state index contributed by atoms with van der Waals surface area (Å²) in [7, 11) is -4.36. The van der Waals surface area contributed by atoms with Crippen molar-refractivity contribution in [2.75, 3.05) is 6.35 Å². The number of hydrogen-bond acceptors (Lipinski definition) is 3. The molecule has 6 heteroatoms. The molecule has 0 aliphatic rings. The van der Waals surface area contributed by atoms with Crippen molar-refractivity contribution in [3.05, 3.63) is 60.7 Å². The van der Waals surface area contributed by atoms with Gasteiger partial charge in [-0.1, -0.05) is 62.4 Å². The highest BCUT2D eigenvalue weighted by Gasteiger charge is 2.33. The molecule has 0 radical (unpaired) electrons. The zero-order valence-electron chi connectivity index (χ0n) is 17.8. The Morgan fingerprint density at radius 2 is 1.93 bits per heavy atom. The van der Waals surface area contributed by atoms with E-state index < -0.39 is 25.3 Å². The summed E-state index contributed by atoms with van der Waals surface area (Å²) in [6.45, 7) is 9.70. The van der Waals surface area contributed by atoms with E-state index in [1.54, 1.807) is 6.92 Å². The van der Waals surface area contributed by atoms with Crippen molar-refractivity contribution in [2.24, 2.45) is 11.3 Å². The number of esters is 1. The van der Waals surface area contributed by atoms with Crippen LogP contribution in [0.2, 0.25) is 0 Å². The molecule has 2 N–H and O–H groups in total. The Labute approximate surface area is 175 Å². The molecule has 1 rings (SSSR count). The van der Waals surface area contributed by atoms with Crippen LogP contribution in [0, 0.1) is 11.3 Å². The van der Waals surface area contributed by atoms with Crippen LogP contribution >= 0.6 is 7.60 Å². The number of hydrogen-bond donors (Lipinski definition) is 2. The van der Waals surface area contributed by atoms with Crippen molar-refractivity contribution in [1.29, 1.82) is 0 Å². The predicted molar refractivity (Wildman–Crippen MR) is 118 cm³/mol. The molecule has 0 bridgehead atoms. The van der Waals surface area contributed by atoms with Crippen LogP contribution in [0.4, 0.5) is 0 Å². The van der Waals surface area contributed by atoms with Crippen molar-refractivity contribution in [3.8, 4) is 0 Å². The van der Waals surface area contributed by atoms with Crippen molar-refractivity contribution < 1.29 is 23.9 Å². The number of benzene rings is 1. The van der Waals surface area contributed by atoms with Gasteiger partial charge < -0.3 is 14.5 Å². The lowest BCUT2D eigenvalue weighted by Crippen LogP contribution is -2.29. The number of allylic oxidation sites excluding steroid dienone is 3. The number of carbonyl (C=O) groups excluding carboxylic acids is 1. The van der Waals surface area contributed by atoms with E-state index in [-0.39, 0.29) is 0 Å². The average Bonchev–Trinajstić information content (AvgIpc) is 2.70. The zero-order chi connectivity index (χ0) is 21.9. The van der Waals surface area contributed by atoms with Gasteiger partial charge >= 0.3 is 13.6 Å².